The van der Waals surface area contributed by atoms with Crippen molar-refractivity contribution in [3.05, 3.63) is 33.8 Å². The van der Waals surface area contributed by atoms with Crippen LogP contribution in [0, 0.1) is 0 Å². The second kappa shape index (κ2) is 4.01. The van der Waals surface area contributed by atoms with Crippen LogP contribution in [0.15, 0.2) is 22.7 Å². The lowest BCUT2D eigenvalue weighted by atomic mass is 9.98. The monoisotopic (exact) mass is 256 g/mol. The Hall–Kier alpha value is -0.380. The number of aliphatic hydroxyl groups is 2. The van der Waals surface area contributed by atoms with Crippen LogP contribution in [0.1, 0.15) is 36.0 Å². The van der Waals surface area contributed by atoms with Gasteiger partial charge in [0.25, 0.3) is 0 Å². The van der Waals surface area contributed by atoms with E-state index in [2.05, 4.69) is 15.9 Å². The molecule has 14 heavy (non-hydrogen) atoms. The van der Waals surface area contributed by atoms with Gasteiger partial charge >= 0.3 is 0 Å². The quantitative estimate of drug-likeness (QED) is 0.853. The molecular formula is C11H13BrO2. The first-order valence-corrected chi connectivity index (χ1v) is 5.60. The Morgan fingerprint density at radius 2 is 2.14 bits per heavy atom. The first-order valence-electron chi connectivity index (χ1n) is 4.80. The minimum atomic E-state index is -0.362. The van der Waals surface area contributed by atoms with Crippen LogP contribution in [0.3, 0.4) is 0 Å². The number of halogens is 1. The lowest BCUT2D eigenvalue weighted by Crippen LogP contribution is -1.96. The first-order chi connectivity index (χ1) is 6.72. The van der Waals surface area contributed by atoms with Crippen LogP contribution in [0.5, 0.6) is 0 Å². The molecule has 0 saturated carbocycles. The molecule has 1 aliphatic carbocycles. The molecule has 0 heterocycles. The number of hydrogen-bond donors (Lipinski definition) is 2. The Morgan fingerprint density at radius 1 is 1.36 bits per heavy atom. The summed E-state index contributed by atoms with van der Waals surface area (Å²) in [7, 11) is 0. The summed E-state index contributed by atoms with van der Waals surface area (Å²) in [6.45, 7) is 0.187. The number of rotatable bonds is 2. The Labute approximate surface area is 91.7 Å². The lowest BCUT2D eigenvalue weighted by molar-refractivity contribution is 0.167. The van der Waals surface area contributed by atoms with E-state index in [1.165, 1.54) is 5.56 Å². The zero-order valence-corrected chi connectivity index (χ0v) is 9.37. The van der Waals surface area contributed by atoms with E-state index in [0.717, 1.165) is 22.9 Å². The van der Waals surface area contributed by atoms with Crippen molar-refractivity contribution in [1.29, 1.82) is 0 Å². The van der Waals surface area contributed by atoms with Gasteiger partial charge in [0.15, 0.2) is 0 Å². The molecule has 0 bridgehead atoms. The van der Waals surface area contributed by atoms with Gasteiger partial charge in [0.2, 0.25) is 0 Å². The highest BCUT2D eigenvalue weighted by molar-refractivity contribution is 9.10. The van der Waals surface area contributed by atoms with Crippen molar-refractivity contribution in [3.8, 4) is 0 Å². The molecule has 0 aliphatic heterocycles. The summed E-state index contributed by atoms with van der Waals surface area (Å²) in [5.74, 6) is 0.318. The van der Waals surface area contributed by atoms with Crippen molar-refractivity contribution in [3.63, 3.8) is 0 Å². The van der Waals surface area contributed by atoms with Crippen molar-refractivity contribution in [2.45, 2.75) is 24.9 Å². The van der Waals surface area contributed by atoms with Gasteiger partial charge in [-0.1, -0.05) is 22.0 Å². The molecule has 0 amide bonds. The summed E-state index contributed by atoms with van der Waals surface area (Å²) in [6.07, 6.45) is 1.12. The Kier molecular flexibility index (Phi) is 2.91. The smallest absolute Gasteiger partial charge is 0.0799 e. The van der Waals surface area contributed by atoms with Gasteiger partial charge < -0.3 is 10.2 Å². The highest BCUT2D eigenvalue weighted by Crippen LogP contribution is 2.42. The maximum absolute atomic E-state index is 9.80. The number of aliphatic hydroxyl groups excluding tert-OH is 2. The Balaban J connectivity index is 2.34. The van der Waals surface area contributed by atoms with Gasteiger partial charge in [-0.25, -0.2) is 0 Å². The molecule has 0 unspecified atom stereocenters. The summed E-state index contributed by atoms with van der Waals surface area (Å²) in [4.78, 5) is 0. The third-order valence-electron chi connectivity index (χ3n) is 2.83. The van der Waals surface area contributed by atoms with Crippen LogP contribution in [-0.2, 0) is 0 Å². The molecule has 0 radical (unpaired) electrons. The molecule has 0 saturated heterocycles. The van der Waals surface area contributed by atoms with Crippen molar-refractivity contribution in [2.75, 3.05) is 6.61 Å². The molecule has 1 aromatic carbocycles. The number of hydrogen-bond acceptors (Lipinski definition) is 2. The van der Waals surface area contributed by atoms with E-state index in [1.807, 2.05) is 18.2 Å². The molecular weight excluding hydrogens is 244 g/mol. The fourth-order valence-electron chi connectivity index (χ4n) is 2.16. The molecule has 0 aromatic heterocycles. The van der Waals surface area contributed by atoms with Crippen LogP contribution >= 0.6 is 15.9 Å². The second-order valence-electron chi connectivity index (χ2n) is 3.73. The predicted octanol–water partition coefficient (Wildman–Crippen LogP) is 2.35. The highest BCUT2D eigenvalue weighted by atomic mass is 79.9. The van der Waals surface area contributed by atoms with Crippen LogP contribution in [0.2, 0.25) is 0 Å². The maximum Gasteiger partial charge on any atom is 0.0799 e. The van der Waals surface area contributed by atoms with E-state index in [0.29, 0.717) is 5.92 Å². The van der Waals surface area contributed by atoms with E-state index < -0.39 is 0 Å². The molecule has 1 aromatic rings. The summed E-state index contributed by atoms with van der Waals surface area (Å²) >= 11 is 3.39. The van der Waals surface area contributed by atoms with Crippen molar-refractivity contribution in [2.24, 2.45) is 0 Å². The van der Waals surface area contributed by atoms with Crippen LogP contribution < -0.4 is 0 Å². The Bertz CT molecular complexity index is 338. The van der Waals surface area contributed by atoms with E-state index in [9.17, 15) is 5.11 Å². The van der Waals surface area contributed by atoms with E-state index >= 15 is 0 Å². The van der Waals surface area contributed by atoms with Gasteiger partial charge in [0.1, 0.15) is 0 Å². The van der Waals surface area contributed by atoms with Gasteiger partial charge in [-0.2, -0.15) is 0 Å². The molecule has 2 nitrogen and oxygen atoms in total. The van der Waals surface area contributed by atoms with E-state index in [-0.39, 0.29) is 12.7 Å². The summed E-state index contributed by atoms with van der Waals surface area (Å²) in [5.41, 5.74) is 2.20. The molecule has 3 heteroatoms. The van der Waals surface area contributed by atoms with Gasteiger partial charge in [-0.05, 0) is 42.0 Å². The summed E-state index contributed by atoms with van der Waals surface area (Å²) in [6, 6.07) is 5.99. The average Bonchev–Trinajstić information content (AvgIpc) is 2.44. The zero-order valence-electron chi connectivity index (χ0n) is 7.78. The van der Waals surface area contributed by atoms with Crippen LogP contribution in [0.4, 0.5) is 0 Å². The average molecular weight is 257 g/mol. The molecule has 2 atom stereocenters. The molecule has 0 spiro atoms. The molecule has 2 N–H and O–H groups in total. The van der Waals surface area contributed by atoms with E-state index in [4.69, 9.17) is 5.11 Å². The fourth-order valence-corrected chi connectivity index (χ4v) is 2.54. The lowest BCUT2D eigenvalue weighted by Gasteiger charge is -2.08. The number of fused-ring (bicyclic) bond motifs is 1. The maximum atomic E-state index is 9.80. The van der Waals surface area contributed by atoms with Gasteiger partial charge in [0, 0.05) is 11.1 Å². The minimum Gasteiger partial charge on any atom is -0.396 e. The number of benzene rings is 1. The topological polar surface area (TPSA) is 40.5 Å². The normalized spacial score (nSPS) is 25.1. The SMILES string of the molecule is OCC[C@@H]1C[C@H](O)c2cc(Br)ccc21. The Morgan fingerprint density at radius 3 is 2.86 bits per heavy atom. The molecule has 76 valence electrons. The minimum absolute atomic E-state index is 0.187. The van der Waals surface area contributed by atoms with Crippen molar-refractivity contribution in [1.82, 2.24) is 0 Å². The fraction of sp³-hybridized carbons (Fsp3) is 0.455. The first kappa shape index (κ1) is 10.1. The molecule has 0 fully saturated rings. The van der Waals surface area contributed by atoms with Crippen LogP contribution in [0.25, 0.3) is 0 Å². The third kappa shape index (κ3) is 1.72. The molecule has 2 rings (SSSR count). The van der Waals surface area contributed by atoms with Crippen LogP contribution in [-0.4, -0.2) is 16.8 Å². The van der Waals surface area contributed by atoms with Crippen molar-refractivity contribution >= 4 is 15.9 Å². The van der Waals surface area contributed by atoms with Gasteiger partial charge in [0.05, 0.1) is 6.10 Å². The standard InChI is InChI=1S/C11H13BrO2/c12-8-1-2-9-7(3-4-13)5-11(14)10(9)6-8/h1-2,6-7,11,13-14H,3-5H2/t7-,11+/m1/s1. The second-order valence-corrected chi connectivity index (χ2v) is 4.65. The largest absolute Gasteiger partial charge is 0.396 e. The zero-order chi connectivity index (χ0) is 10.1. The summed E-state index contributed by atoms with van der Waals surface area (Å²) in [5, 5.41) is 18.7. The van der Waals surface area contributed by atoms with Crippen molar-refractivity contribution < 1.29 is 10.2 Å². The third-order valence-corrected chi connectivity index (χ3v) is 3.33. The molecule has 1 aliphatic rings. The van der Waals surface area contributed by atoms with Gasteiger partial charge in [-0.3, -0.25) is 0 Å². The summed E-state index contributed by atoms with van der Waals surface area (Å²) < 4.78 is 1.000. The highest BCUT2D eigenvalue weighted by Gasteiger charge is 2.28. The van der Waals surface area contributed by atoms with Gasteiger partial charge in [-0.15, -0.1) is 0 Å². The van der Waals surface area contributed by atoms with E-state index in [1.54, 1.807) is 0 Å². The predicted molar refractivity (Wildman–Crippen MR) is 58.2 cm³/mol.